The van der Waals surface area contributed by atoms with Crippen molar-refractivity contribution in [1.29, 1.82) is 0 Å². The van der Waals surface area contributed by atoms with Gasteiger partial charge in [0.15, 0.2) is 15.9 Å². The number of aryl methyl sites for hydroxylation is 1. The first kappa shape index (κ1) is 19.0. The minimum Gasteiger partial charge on any atom is -0.288 e. The van der Waals surface area contributed by atoms with Crippen molar-refractivity contribution in [3.05, 3.63) is 54.4 Å². The molecule has 0 saturated heterocycles. The lowest BCUT2D eigenvalue weighted by atomic mass is 10.2. The van der Waals surface area contributed by atoms with Crippen LogP contribution >= 0.6 is 23.1 Å². The van der Waals surface area contributed by atoms with Gasteiger partial charge in [0.2, 0.25) is 5.91 Å². The minimum atomic E-state index is -0.0125. The molecule has 0 atom stereocenters. The number of carbonyl (C=O) groups is 1. The molecule has 3 aromatic heterocycles. The standard InChI is InChI=1S/C21H18N6OS2/c1-3-26(20-24-16-10-6-7-11-17(16)30-20)18(28)12-29-21-23-15-9-5-4-8-14(15)19-22-13(2)25-27(19)21/h4-11H,3,12H2,1-2H3. The molecule has 0 unspecified atom stereocenters. The number of hydrogen-bond acceptors (Lipinski definition) is 7. The zero-order chi connectivity index (χ0) is 20.7. The number of thiazole rings is 1. The van der Waals surface area contributed by atoms with Crippen LogP contribution in [0.15, 0.2) is 53.7 Å². The lowest BCUT2D eigenvalue weighted by molar-refractivity contribution is -0.116. The first-order chi connectivity index (χ1) is 14.6. The van der Waals surface area contributed by atoms with E-state index >= 15 is 0 Å². The van der Waals surface area contributed by atoms with Crippen molar-refractivity contribution in [3.8, 4) is 0 Å². The summed E-state index contributed by atoms with van der Waals surface area (Å²) in [6.45, 7) is 4.37. The number of fused-ring (bicyclic) bond motifs is 4. The van der Waals surface area contributed by atoms with Crippen LogP contribution in [0.1, 0.15) is 12.7 Å². The van der Waals surface area contributed by atoms with Gasteiger partial charge in [0.25, 0.3) is 0 Å². The molecule has 1 amide bonds. The molecule has 9 heteroatoms. The van der Waals surface area contributed by atoms with Gasteiger partial charge in [-0.25, -0.2) is 15.0 Å². The second-order valence-corrected chi connectivity index (χ2v) is 8.65. The Bertz CT molecular complexity index is 1360. The highest BCUT2D eigenvalue weighted by Gasteiger charge is 2.20. The van der Waals surface area contributed by atoms with Crippen molar-refractivity contribution >= 4 is 60.9 Å². The summed E-state index contributed by atoms with van der Waals surface area (Å²) in [6, 6.07) is 15.8. The van der Waals surface area contributed by atoms with E-state index in [4.69, 9.17) is 4.98 Å². The molecular weight excluding hydrogens is 416 g/mol. The van der Waals surface area contributed by atoms with Gasteiger partial charge < -0.3 is 0 Å². The molecule has 0 aliphatic carbocycles. The predicted molar refractivity (Wildman–Crippen MR) is 121 cm³/mol. The number of anilines is 1. The van der Waals surface area contributed by atoms with Gasteiger partial charge >= 0.3 is 0 Å². The second-order valence-electron chi connectivity index (χ2n) is 6.70. The van der Waals surface area contributed by atoms with Gasteiger partial charge in [-0.05, 0) is 38.1 Å². The van der Waals surface area contributed by atoms with Crippen molar-refractivity contribution in [1.82, 2.24) is 24.6 Å². The molecule has 0 bridgehead atoms. The topological polar surface area (TPSA) is 76.3 Å². The van der Waals surface area contributed by atoms with E-state index < -0.39 is 0 Å². The molecule has 0 spiro atoms. The molecule has 0 fully saturated rings. The Kier molecular flexibility index (Phi) is 4.84. The van der Waals surface area contributed by atoms with Crippen LogP contribution < -0.4 is 4.90 Å². The Balaban J connectivity index is 1.44. The highest BCUT2D eigenvalue weighted by molar-refractivity contribution is 7.99. The van der Waals surface area contributed by atoms with Crippen LogP contribution in [-0.2, 0) is 4.79 Å². The van der Waals surface area contributed by atoms with E-state index in [-0.39, 0.29) is 11.7 Å². The van der Waals surface area contributed by atoms with Crippen LogP contribution in [0, 0.1) is 6.92 Å². The normalized spacial score (nSPS) is 11.5. The molecule has 5 aromatic rings. The number of nitrogens with zero attached hydrogens (tertiary/aromatic N) is 6. The SMILES string of the molecule is CCN(C(=O)CSc1nc2ccccc2c2nc(C)nn12)c1nc2ccccc2s1. The summed E-state index contributed by atoms with van der Waals surface area (Å²) >= 11 is 2.90. The zero-order valence-electron chi connectivity index (χ0n) is 16.4. The number of hydrogen-bond donors (Lipinski definition) is 0. The zero-order valence-corrected chi connectivity index (χ0v) is 18.1. The van der Waals surface area contributed by atoms with Gasteiger partial charge in [-0.1, -0.05) is 47.4 Å². The van der Waals surface area contributed by atoms with Crippen molar-refractivity contribution in [2.75, 3.05) is 17.2 Å². The van der Waals surface area contributed by atoms with Crippen molar-refractivity contribution in [3.63, 3.8) is 0 Å². The van der Waals surface area contributed by atoms with Gasteiger partial charge in [0.05, 0.1) is 21.5 Å². The van der Waals surface area contributed by atoms with Crippen LogP contribution in [0.5, 0.6) is 0 Å². The van der Waals surface area contributed by atoms with E-state index in [1.807, 2.05) is 62.4 Å². The van der Waals surface area contributed by atoms with Gasteiger partial charge in [0.1, 0.15) is 5.82 Å². The van der Waals surface area contributed by atoms with E-state index in [9.17, 15) is 4.79 Å². The quantitative estimate of drug-likeness (QED) is 0.303. The molecule has 150 valence electrons. The summed E-state index contributed by atoms with van der Waals surface area (Å²) in [6.07, 6.45) is 0. The van der Waals surface area contributed by atoms with Crippen LogP contribution in [0.25, 0.3) is 26.8 Å². The summed E-state index contributed by atoms with van der Waals surface area (Å²) in [5.74, 6) is 0.899. The smallest absolute Gasteiger partial charge is 0.239 e. The van der Waals surface area contributed by atoms with Crippen LogP contribution in [0.4, 0.5) is 5.13 Å². The van der Waals surface area contributed by atoms with Crippen LogP contribution in [-0.4, -0.2) is 42.8 Å². The van der Waals surface area contributed by atoms with Crippen molar-refractivity contribution in [2.24, 2.45) is 0 Å². The molecule has 0 aliphatic heterocycles. The molecule has 30 heavy (non-hydrogen) atoms. The lowest BCUT2D eigenvalue weighted by Crippen LogP contribution is -2.32. The number of benzene rings is 2. The number of amides is 1. The maximum atomic E-state index is 13.0. The number of para-hydroxylation sites is 2. The molecule has 0 saturated carbocycles. The van der Waals surface area contributed by atoms with Gasteiger partial charge in [-0.15, -0.1) is 5.10 Å². The fourth-order valence-corrected chi connectivity index (χ4v) is 5.19. The average Bonchev–Trinajstić information content (AvgIpc) is 3.35. The van der Waals surface area contributed by atoms with Crippen molar-refractivity contribution < 1.29 is 4.79 Å². The van der Waals surface area contributed by atoms with Gasteiger partial charge in [0, 0.05) is 11.9 Å². The lowest BCUT2D eigenvalue weighted by Gasteiger charge is -2.17. The van der Waals surface area contributed by atoms with E-state index in [1.54, 1.807) is 9.42 Å². The Hall–Kier alpha value is -3.04. The molecule has 0 aliphatic rings. The fraction of sp³-hybridized carbons (Fsp3) is 0.190. The summed E-state index contributed by atoms with van der Waals surface area (Å²) in [5.41, 5.74) is 2.50. The van der Waals surface area contributed by atoms with Gasteiger partial charge in [-0.3, -0.25) is 9.69 Å². The fourth-order valence-electron chi connectivity index (χ4n) is 3.32. The first-order valence-corrected chi connectivity index (χ1v) is 11.3. The minimum absolute atomic E-state index is 0.0125. The Morgan fingerprint density at radius 3 is 2.63 bits per heavy atom. The van der Waals surface area contributed by atoms with E-state index in [0.717, 1.165) is 31.9 Å². The summed E-state index contributed by atoms with van der Waals surface area (Å²) in [5, 5.41) is 6.79. The third-order valence-corrected chi connectivity index (χ3v) is 6.68. The molecule has 5 rings (SSSR count). The summed E-state index contributed by atoms with van der Waals surface area (Å²) < 4.78 is 2.80. The van der Waals surface area contributed by atoms with E-state index in [0.29, 0.717) is 17.5 Å². The van der Waals surface area contributed by atoms with E-state index in [2.05, 4.69) is 15.1 Å². The predicted octanol–water partition coefficient (Wildman–Crippen LogP) is 4.34. The van der Waals surface area contributed by atoms with Crippen molar-refractivity contribution in [2.45, 2.75) is 19.0 Å². The summed E-state index contributed by atoms with van der Waals surface area (Å²) in [4.78, 5) is 28.6. The highest BCUT2D eigenvalue weighted by Crippen LogP contribution is 2.30. The molecule has 0 radical (unpaired) electrons. The number of rotatable bonds is 5. The Morgan fingerprint density at radius 2 is 1.83 bits per heavy atom. The molecular formula is C21H18N6OS2. The average molecular weight is 435 g/mol. The number of thioether (sulfide) groups is 1. The maximum absolute atomic E-state index is 13.0. The van der Waals surface area contributed by atoms with Crippen LogP contribution in [0.2, 0.25) is 0 Å². The third kappa shape index (κ3) is 3.29. The monoisotopic (exact) mass is 434 g/mol. The Labute approximate surface area is 180 Å². The Morgan fingerprint density at radius 1 is 1.07 bits per heavy atom. The molecule has 7 nitrogen and oxygen atoms in total. The first-order valence-electron chi connectivity index (χ1n) is 9.55. The molecule has 2 aromatic carbocycles. The largest absolute Gasteiger partial charge is 0.288 e. The maximum Gasteiger partial charge on any atom is 0.239 e. The second kappa shape index (κ2) is 7.66. The number of aromatic nitrogens is 5. The molecule has 3 heterocycles. The summed E-state index contributed by atoms with van der Waals surface area (Å²) in [7, 11) is 0. The van der Waals surface area contributed by atoms with E-state index in [1.165, 1.54) is 23.1 Å². The van der Waals surface area contributed by atoms with Crippen LogP contribution in [0.3, 0.4) is 0 Å². The molecule has 0 N–H and O–H groups in total. The third-order valence-electron chi connectivity index (χ3n) is 4.71. The van der Waals surface area contributed by atoms with Gasteiger partial charge in [-0.2, -0.15) is 4.52 Å². The highest BCUT2D eigenvalue weighted by atomic mass is 32.2. The number of carbonyl (C=O) groups excluding carboxylic acids is 1.